The minimum Gasteiger partial charge on any atom is -0.234 e. The number of hydrogen-bond acceptors (Lipinski definition) is 3. The van der Waals surface area contributed by atoms with E-state index in [1.54, 1.807) is 22.7 Å². The Morgan fingerprint density at radius 2 is 1.57 bits per heavy atom. The highest BCUT2D eigenvalue weighted by Crippen LogP contribution is 2.44. The summed E-state index contributed by atoms with van der Waals surface area (Å²) in [5.41, 5.74) is 2.05. The number of benzene rings is 3. The maximum absolute atomic E-state index is 6.70. The summed E-state index contributed by atoms with van der Waals surface area (Å²) >= 11 is 10.1. The van der Waals surface area contributed by atoms with Gasteiger partial charge in [0.15, 0.2) is 0 Å². The number of hydrogen-bond donors (Lipinski definition) is 0. The average molecular weight is 352 g/mol. The molecule has 0 amide bonds. The van der Waals surface area contributed by atoms with E-state index in [2.05, 4.69) is 42.5 Å². The van der Waals surface area contributed by atoms with Crippen molar-refractivity contribution in [3.8, 4) is 10.6 Å². The Balaban J connectivity index is 1.86. The second kappa shape index (κ2) is 5.03. The van der Waals surface area contributed by atoms with Crippen LogP contribution in [0.4, 0.5) is 0 Å². The van der Waals surface area contributed by atoms with E-state index < -0.39 is 0 Å². The van der Waals surface area contributed by atoms with Gasteiger partial charge in [0.1, 0.15) is 10.5 Å². The normalized spacial score (nSPS) is 11.7. The summed E-state index contributed by atoms with van der Waals surface area (Å²) in [6.45, 7) is 0. The summed E-state index contributed by atoms with van der Waals surface area (Å²) in [6.07, 6.45) is 0. The quantitative estimate of drug-likeness (QED) is 0.317. The first-order chi connectivity index (χ1) is 11.3. The van der Waals surface area contributed by atoms with Crippen molar-refractivity contribution in [1.29, 1.82) is 0 Å². The first kappa shape index (κ1) is 13.5. The van der Waals surface area contributed by atoms with Crippen molar-refractivity contribution in [1.82, 2.24) is 4.98 Å². The van der Waals surface area contributed by atoms with Crippen LogP contribution < -0.4 is 0 Å². The molecule has 0 radical (unpaired) electrons. The van der Waals surface area contributed by atoms with Crippen LogP contribution in [0.1, 0.15) is 0 Å². The zero-order chi connectivity index (χ0) is 15.4. The zero-order valence-corrected chi connectivity index (χ0v) is 14.3. The maximum atomic E-state index is 6.70. The molecule has 23 heavy (non-hydrogen) atoms. The number of halogens is 1. The van der Waals surface area contributed by atoms with Gasteiger partial charge >= 0.3 is 0 Å². The fourth-order valence-corrected chi connectivity index (χ4v) is 5.46. The van der Waals surface area contributed by atoms with Gasteiger partial charge in [-0.2, -0.15) is 0 Å². The molecule has 0 aliphatic heterocycles. The Kier molecular flexibility index (Phi) is 2.95. The molecule has 0 unspecified atom stereocenters. The molecule has 0 N–H and O–H groups in total. The lowest BCUT2D eigenvalue weighted by Gasteiger charge is -1.95. The minimum atomic E-state index is 0.775. The van der Waals surface area contributed by atoms with Crippen LogP contribution in [0.25, 0.3) is 41.0 Å². The predicted molar refractivity (Wildman–Crippen MR) is 103 cm³/mol. The van der Waals surface area contributed by atoms with Gasteiger partial charge in [0.05, 0.1) is 14.4 Å². The molecule has 0 aliphatic carbocycles. The molecule has 5 aromatic rings. The Labute approximate surface area is 145 Å². The van der Waals surface area contributed by atoms with Gasteiger partial charge in [0, 0.05) is 21.0 Å². The van der Waals surface area contributed by atoms with Gasteiger partial charge in [0.2, 0.25) is 0 Å². The third-order valence-electron chi connectivity index (χ3n) is 3.99. The number of thiophene rings is 1. The second-order valence-electron chi connectivity index (χ2n) is 5.40. The average Bonchev–Trinajstić information content (AvgIpc) is 3.18. The molecule has 110 valence electrons. The molecule has 0 saturated heterocycles. The molecular formula is C19H10ClNS2. The molecule has 4 heteroatoms. The van der Waals surface area contributed by atoms with Gasteiger partial charge in [-0.05, 0) is 12.1 Å². The summed E-state index contributed by atoms with van der Waals surface area (Å²) in [4.78, 5) is 4.80. The van der Waals surface area contributed by atoms with Crippen molar-refractivity contribution in [3.05, 3.63) is 65.7 Å². The van der Waals surface area contributed by atoms with Crippen LogP contribution >= 0.6 is 34.3 Å². The highest BCUT2D eigenvalue weighted by molar-refractivity contribution is 7.27. The topological polar surface area (TPSA) is 12.9 Å². The van der Waals surface area contributed by atoms with Crippen molar-refractivity contribution in [2.75, 3.05) is 0 Å². The molecule has 0 fully saturated rings. The maximum Gasteiger partial charge on any atom is 0.124 e. The fourth-order valence-electron chi connectivity index (χ4n) is 2.90. The predicted octanol–water partition coefficient (Wildman–Crippen LogP) is 6.98. The van der Waals surface area contributed by atoms with Gasteiger partial charge in [-0.1, -0.05) is 60.1 Å². The third kappa shape index (κ3) is 2.01. The van der Waals surface area contributed by atoms with Crippen LogP contribution in [0.5, 0.6) is 0 Å². The number of rotatable bonds is 1. The fraction of sp³-hybridized carbons (Fsp3) is 0. The molecule has 0 aliphatic rings. The summed E-state index contributed by atoms with van der Waals surface area (Å²) in [5, 5.41) is 4.29. The minimum absolute atomic E-state index is 0.775. The van der Waals surface area contributed by atoms with E-state index >= 15 is 0 Å². The van der Waals surface area contributed by atoms with E-state index in [9.17, 15) is 0 Å². The number of thiazole rings is 1. The Bertz CT molecular complexity index is 1170. The van der Waals surface area contributed by atoms with Crippen molar-refractivity contribution in [2.45, 2.75) is 0 Å². The molecule has 2 heterocycles. The van der Waals surface area contributed by atoms with Crippen LogP contribution in [-0.2, 0) is 0 Å². The zero-order valence-electron chi connectivity index (χ0n) is 11.9. The van der Waals surface area contributed by atoms with Crippen LogP contribution in [0.3, 0.4) is 0 Å². The SMILES string of the molecule is Clc1c2nc(-c3ccccc3)sc2cc2c1sc1ccccc12. The van der Waals surface area contributed by atoms with Gasteiger partial charge in [0.25, 0.3) is 0 Å². The molecule has 0 bridgehead atoms. The highest BCUT2D eigenvalue weighted by atomic mass is 35.5. The Morgan fingerprint density at radius 1 is 0.783 bits per heavy atom. The van der Waals surface area contributed by atoms with E-state index in [0.29, 0.717) is 0 Å². The Hall–Kier alpha value is -1.94. The number of fused-ring (bicyclic) bond motifs is 4. The summed E-state index contributed by atoms with van der Waals surface area (Å²) in [5.74, 6) is 0. The summed E-state index contributed by atoms with van der Waals surface area (Å²) in [6, 6.07) is 21.0. The molecule has 0 saturated carbocycles. The summed E-state index contributed by atoms with van der Waals surface area (Å²) < 4.78 is 3.54. The second-order valence-corrected chi connectivity index (χ2v) is 7.86. The van der Waals surface area contributed by atoms with Crippen LogP contribution in [0, 0.1) is 0 Å². The highest BCUT2D eigenvalue weighted by Gasteiger charge is 2.15. The lowest BCUT2D eigenvalue weighted by atomic mass is 10.1. The van der Waals surface area contributed by atoms with E-state index in [1.807, 2.05) is 18.2 Å². The first-order valence-electron chi connectivity index (χ1n) is 7.27. The van der Waals surface area contributed by atoms with Crippen molar-refractivity contribution in [3.63, 3.8) is 0 Å². The lowest BCUT2D eigenvalue weighted by Crippen LogP contribution is -1.75. The van der Waals surface area contributed by atoms with Crippen molar-refractivity contribution in [2.24, 2.45) is 0 Å². The molecule has 2 aromatic heterocycles. The molecule has 5 rings (SSSR count). The van der Waals surface area contributed by atoms with Gasteiger partial charge < -0.3 is 0 Å². The van der Waals surface area contributed by atoms with E-state index in [-0.39, 0.29) is 0 Å². The monoisotopic (exact) mass is 351 g/mol. The largest absolute Gasteiger partial charge is 0.234 e. The van der Waals surface area contributed by atoms with Crippen molar-refractivity contribution >= 4 is 64.7 Å². The molecule has 3 aromatic carbocycles. The smallest absolute Gasteiger partial charge is 0.124 e. The van der Waals surface area contributed by atoms with Gasteiger partial charge in [-0.15, -0.1) is 22.7 Å². The standard InChI is InChI=1S/C19H10ClNS2/c20-16-17-15(23-19(21-17)11-6-2-1-3-7-11)10-13-12-8-4-5-9-14(12)22-18(13)16/h1-10H. The van der Waals surface area contributed by atoms with Crippen molar-refractivity contribution < 1.29 is 0 Å². The Morgan fingerprint density at radius 3 is 2.43 bits per heavy atom. The summed E-state index contributed by atoms with van der Waals surface area (Å²) in [7, 11) is 0. The number of aromatic nitrogens is 1. The first-order valence-corrected chi connectivity index (χ1v) is 9.28. The van der Waals surface area contributed by atoms with Crippen LogP contribution in [0.15, 0.2) is 60.7 Å². The van der Waals surface area contributed by atoms with Crippen LogP contribution in [-0.4, -0.2) is 4.98 Å². The molecule has 0 spiro atoms. The molecular weight excluding hydrogens is 342 g/mol. The van der Waals surface area contributed by atoms with Gasteiger partial charge in [-0.3, -0.25) is 0 Å². The van der Waals surface area contributed by atoms with E-state index in [0.717, 1.165) is 30.5 Å². The number of nitrogens with zero attached hydrogens (tertiary/aromatic N) is 1. The van der Waals surface area contributed by atoms with E-state index in [1.165, 1.54) is 15.5 Å². The van der Waals surface area contributed by atoms with Crippen LogP contribution in [0.2, 0.25) is 5.02 Å². The molecule has 1 nitrogen and oxygen atoms in total. The van der Waals surface area contributed by atoms with Gasteiger partial charge in [-0.25, -0.2) is 4.98 Å². The molecule has 0 atom stereocenters. The van der Waals surface area contributed by atoms with E-state index in [4.69, 9.17) is 16.6 Å². The third-order valence-corrected chi connectivity index (χ3v) is 6.73. The lowest BCUT2D eigenvalue weighted by molar-refractivity contribution is 1.48.